The maximum atomic E-state index is 12.5. The third kappa shape index (κ3) is 4.12. The molecule has 0 aromatic heterocycles. The molecule has 26 heavy (non-hydrogen) atoms. The predicted molar refractivity (Wildman–Crippen MR) is 95.6 cm³/mol. The Bertz CT molecular complexity index is 793. The van der Waals surface area contributed by atoms with E-state index in [1.807, 2.05) is 12.1 Å². The van der Waals surface area contributed by atoms with Crippen LogP contribution in [-0.4, -0.2) is 44.8 Å². The third-order valence-corrected chi connectivity index (χ3v) is 3.82. The monoisotopic (exact) mass is 356 g/mol. The molecule has 7 nitrogen and oxygen atoms in total. The van der Waals surface area contributed by atoms with E-state index in [2.05, 4.69) is 10.6 Å². The summed E-state index contributed by atoms with van der Waals surface area (Å²) in [5, 5.41) is 5.48. The van der Waals surface area contributed by atoms with Gasteiger partial charge in [-0.3, -0.25) is 9.59 Å². The zero-order chi connectivity index (χ0) is 18.4. The largest absolute Gasteiger partial charge is 0.485 e. The highest BCUT2D eigenvalue weighted by Gasteiger charge is 2.28. The molecular weight excluding hydrogens is 336 g/mol. The maximum absolute atomic E-state index is 12.5. The smallest absolute Gasteiger partial charge is 0.269 e. The topological polar surface area (TPSA) is 85.9 Å². The predicted octanol–water partition coefficient (Wildman–Crippen LogP) is 1.84. The second-order valence-corrected chi connectivity index (χ2v) is 5.65. The lowest BCUT2D eigenvalue weighted by Crippen LogP contribution is -2.40. The Balaban J connectivity index is 1.67. The van der Waals surface area contributed by atoms with Gasteiger partial charge >= 0.3 is 0 Å². The number of para-hydroxylation sites is 3. The van der Waals surface area contributed by atoms with Gasteiger partial charge in [-0.25, -0.2) is 0 Å². The molecule has 1 aliphatic heterocycles. The van der Waals surface area contributed by atoms with Crippen LogP contribution in [0, 0.1) is 0 Å². The van der Waals surface area contributed by atoms with Crippen LogP contribution in [0.1, 0.15) is 10.4 Å². The van der Waals surface area contributed by atoms with Crippen molar-refractivity contribution < 1.29 is 23.8 Å². The number of fused-ring (bicyclic) bond motifs is 1. The molecule has 2 N–H and O–H groups in total. The minimum absolute atomic E-state index is 0.102. The van der Waals surface area contributed by atoms with E-state index >= 15 is 0 Å². The van der Waals surface area contributed by atoms with Gasteiger partial charge in [-0.05, 0) is 24.3 Å². The number of anilines is 1. The summed E-state index contributed by atoms with van der Waals surface area (Å²) in [6.07, 6.45) is -0.797. The molecule has 0 saturated carbocycles. The first kappa shape index (κ1) is 17.8. The summed E-state index contributed by atoms with van der Waals surface area (Å²) in [5.41, 5.74) is 0.781. The van der Waals surface area contributed by atoms with E-state index in [-0.39, 0.29) is 18.4 Å². The van der Waals surface area contributed by atoms with Crippen LogP contribution in [0.2, 0.25) is 0 Å². The molecule has 1 aliphatic rings. The van der Waals surface area contributed by atoms with Crippen molar-refractivity contribution in [3.8, 4) is 11.5 Å². The average molecular weight is 356 g/mol. The maximum Gasteiger partial charge on any atom is 0.269 e. The Morgan fingerprint density at radius 3 is 2.65 bits per heavy atom. The highest BCUT2D eigenvalue weighted by atomic mass is 16.6. The summed E-state index contributed by atoms with van der Waals surface area (Å²) in [5.74, 6) is 0.458. The zero-order valence-electron chi connectivity index (χ0n) is 14.4. The third-order valence-electron chi connectivity index (χ3n) is 3.82. The number of hydrogen-bond donors (Lipinski definition) is 2. The van der Waals surface area contributed by atoms with Gasteiger partial charge in [0.05, 0.1) is 17.9 Å². The lowest BCUT2D eigenvalue weighted by Gasteiger charge is -2.25. The van der Waals surface area contributed by atoms with Crippen LogP contribution in [0.5, 0.6) is 11.5 Å². The Labute approximate surface area is 151 Å². The van der Waals surface area contributed by atoms with Crippen molar-refractivity contribution in [1.82, 2.24) is 5.32 Å². The second kappa shape index (κ2) is 8.35. The first-order valence-electron chi connectivity index (χ1n) is 8.24. The molecule has 0 saturated heterocycles. The lowest BCUT2D eigenvalue weighted by atomic mass is 10.1. The van der Waals surface area contributed by atoms with Gasteiger partial charge in [-0.2, -0.15) is 0 Å². The van der Waals surface area contributed by atoms with Gasteiger partial charge in [-0.15, -0.1) is 0 Å². The highest BCUT2D eigenvalue weighted by molar-refractivity contribution is 6.04. The first-order valence-corrected chi connectivity index (χ1v) is 8.24. The molecule has 2 aromatic carbocycles. The van der Waals surface area contributed by atoms with Crippen LogP contribution in [0.3, 0.4) is 0 Å². The van der Waals surface area contributed by atoms with Gasteiger partial charge in [0, 0.05) is 13.7 Å². The van der Waals surface area contributed by atoms with E-state index in [1.54, 1.807) is 43.5 Å². The normalized spacial score (nSPS) is 15.2. The second-order valence-electron chi connectivity index (χ2n) is 5.65. The summed E-state index contributed by atoms with van der Waals surface area (Å²) >= 11 is 0. The Morgan fingerprint density at radius 1 is 1.12 bits per heavy atom. The standard InChI is InChI=1S/C19H20N2O5/c1-24-11-10-20-18(22)13-6-2-3-7-14(13)21-19(23)17-12-25-15-8-4-5-9-16(15)26-17/h2-9,17H,10-12H2,1H3,(H,20,22)(H,21,23)/t17-/m0/s1. The van der Waals surface area contributed by atoms with Gasteiger partial charge in [-0.1, -0.05) is 24.3 Å². The highest BCUT2D eigenvalue weighted by Crippen LogP contribution is 2.31. The van der Waals surface area contributed by atoms with E-state index in [9.17, 15) is 9.59 Å². The number of ether oxygens (including phenoxy) is 3. The molecule has 1 heterocycles. The molecule has 0 spiro atoms. The van der Waals surface area contributed by atoms with Crippen LogP contribution in [0.4, 0.5) is 5.69 Å². The van der Waals surface area contributed by atoms with E-state index < -0.39 is 6.10 Å². The van der Waals surface area contributed by atoms with Crippen LogP contribution in [0.25, 0.3) is 0 Å². The van der Waals surface area contributed by atoms with Crippen molar-refractivity contribution in [3.63, 3.8) is 0 Å². The van der Waals surface area contributed by atoms with Gasteiger partial charge in [0.25, 0.3) is 11.8 Å². The quantitative estimate of drug-likeness (QED) is 0.772. The number of benzene rings is 2. The molecule has 0 bridgehead atoms. The number of carbonyl (C=O) groups is 2. The van der Waals surface area contributed by atoms with Gasteiger partial charge < -0.3 is 24.8 Å². The fourth-order valence-electron chi connectivity index (χ4n) is 2.51. The van der Waals surface area contributed by atoms with Crippen molar-refractivity contribution >= 4 is 17.5 Å². The van der Waals surface area contributed by atoms with Gasteiger partial charge in [0.1, 0.15) is 6.61 Å². The number of carbonyl (C=O) groups excluding carboxylic acids is 2. The molecule has 1 atom stereocenters. The van der Waals surface area contributed by atoms with Crippen molar-refractivity contribution in [3.05, 3.63) is 54.1 Å². The minimum Gasteiger partial charge on any atom is -0.485 e. The van der Waals surface area contributed by atoms with Crippen molar-refractivity contribution in [1.29, 1.82) is 0 Å². The Morgan fingerprint density at radius 2 is 1.85 bits per heavy atom. The van der Waals surface area contributed by atoms with E-state index in [0.29, 0.717) is 35.9 Å². The van der Waals surface area contributed by atoms with Gasteiger partial charge in [0.2, 0.25) is 6.10 Å². The molecule has 2 aromatic rings. The molecule has 136 valence electrons. The molecule has 3 rings (SSSR count). The van der Waals surface area contributed by atoms with Crippen molar-refractivity contribution in [2.75, 3.05) is 32.2 Å². The summed E-state index contributed by atoms with van der Waals surface area (Å²) in [4.78, 5) is 24.8. The fourth-order valence-corrected chi connectivity index (χ4v) is 2.51. The first-order chi connectivity index (χ1) is 12.7. The van der Waals surface area contributed by atoms with E-state index in [0.717, 1.165) is 0 Å². The van der Waals surface area contributed by atoms with Crippen molar-refractivity contribution in [2.45, 2.75) is 6.10 Å². The average Bonchev–Trinajstić information content (AvgIpc) is 2.68. The summed E-state index contributed by atoms with van der Waals surface area (Å²) in [7, 11) is 1.56. The van der Waals surface area contributed by atoms with Crippen molar-refractivity contribution in [2.24, 2.45) is 0 Å². The number of hydrogen-bond acceptors (Lipinski definition) is 5. The fraction of sp³-hybridized carbons (Fsp3) is 0.263. The molecule has 0 radical (unpaired) electrons. The molecule has 2 amide bonds. The molecule has 0 fully saturated rings. The van der Waals surface area contributed by atoms with Crippen LogP contribution >= 0.6 is 0 Å². The molecule has 0 aliphatic carbocycles. The number of rotatable bonds is 6. The van der Waals surface area contributed by atoms with E-state index in [4.69, 9.17) is 14.2 Å². The minimum atomic E-state index is -0.797. The lowest BCUT2D eigenvalue weighted by molar-refractivity contribution is -0.125. The molecular formula is C19H20N2O5. The summed E-state index contributed by atoms with van der Waals surface area (Å²) in [6, 6.07) is 14.0. The SMILES string of the molecule is COCCNC(=O)c1ccccc1NC(=O)[C@@H]1COc2ccccc2O1. The van der Waals surface area contributed by atoms with E-state index in [1.165, 1.54) is 0 Å². The number of methoxy groups -OCH3 is 1. The van der Waals surface area contributed by atoms with Crippen LogP contribution < -0.4 is 20.1 Å². The van der Waals surface area contributed by atoms with Gasteiger partial charge in [0.15, 0.2) is 11.5 Å². The number of nitrogens with one attached hydrogen (secondary N) is 2. The zero-order valence-corrected chi connectivity index (χ0v) is 14.4. The Hall–Kier alpha value is -3.06. The molecule has 0 unspecified atom stereocenters. The number of amides is 2. The Kier molecular flexibility index (Phi) is 5.70. The molecule has 7 heteroatoms. The summed E-state index contributed by atoms with van der Waals surface area (Å²) in [6.45, 7) is 0.895. The van der Waals surface area contributed by atoms with Crippen LogP contribution in [-0.2, 0) is 9.53 Å². The summed E-state index contributed by atoms with van der Waals surface area (Å²) < 4.78 is 16.2. The van der Waals surface area contributed by atoms with Crippen LogP contribution in [0.15, 0.2) is 48.5 Å².